The molecule has 1 aliphatic rings. The van der Waals surface area contributed by atoms with Crippen molar-refractivity contribution in [3.63, 3.8) is 0 Å². The Balaban J connectivity index is 1.73. The number of para-hydroxylation sites is 1. The maximum atomic E-state index is 12.1. The van der Waals surface area contributed by atoms with E-state index in [4.69, 9.17) is 4.74 Å². The van der Waals surface area contributed by atoms with E-state index in [-0.39, 0.29) is 36.9 Å². The molecule has 3 atom stereocenters. The number of ether oxygens (including phenoxy) is 1. The highest BCUT2D eigenvalue weighted by Crippen LogP contribution is 2.21. The molecule has 1 saturated heterocycles. The quantitative estimate of drug-likeness (QED) is 0.498. The van der Waals surface area contributed by atoms with Gasteiger partial charge in [0.05, 0.1) is 18.8 Å². The minimum absolute atomic E-state index is 0.0586. The number of benzene rings is 1. The summed E-state index contributed by atoms with van der Waals surface area (Å²) < 4.78 is 5.90. The van der Waals surface area contributed by atoms with Crippen LogP contribution in [-0.4, -0.2) is 54.6 Å². The summed E-state index contributed by atoms with van der Waals surface area (Å²) in [5, 5.41) is 20.8. The van der Waals surface area contributed by atoms with Crippen LogP contribution in [0.25, 0.3) is 0 Å². The summed E-state index contributed by atoms with van der Waals surface area (Å²) in [5.41, 5.74) is 0.705. The number of aliphatic hydroxyl groups excluding tert-OH is 1. The van der Waals surface area contributed by atoms with E-state index < -0.39 is 6.10 Å². The zero-order valence-corrected chi connectivity index (χ0v) is 15.9. The lowest BCUT2D eigenvalue weighted by Gasteiger charge is -2.36. The Hall–Kier alpha value is -2.32. The van der Waals surface area contributed by atoms with Crippen molar-refractivity contribution in [3.8, 4) is 0 Å². The molecule has 0 spiro atoms. The fraction of sp³-hybridized carbons (Fsp3) is 0.579. The molecule has 5 N–H and O–H groups in total. The van der Waals surface area contributed by atoms with Crippen molar-refractivity contribution in [3.05, 3.63) is 30.3 Å². The van der Waals surface area contributed by atoms with Gasteiger partial charge in [-0.1, -0.05) is 18.2 Å². The van der Waals surface area contributed by atoms with Crippen molar-refractivity contribution in [1.82, 2.24) is 16.0 Å². The monoisotopic (exact) mass is 378 g/mol. The zero-order valence-electron chi connectivity index (χ0n) is 15.9. The van der Waals surface area contributed by atoms with Crippen molar-refractivity contribution >= 4 is 17.7 Å². The number of rotatable bonds is 7. The maximum Gasteiger partial charge on any atom is 0.319 e. The average molecular weight is 378 g/mol. The van der Waals surface area contributed by atoms with Crippen molar-refractivity contribution in [2.45, 2.75) is 57.4 Å². The van der Waals surface area contributed by atoms with Crippen LogP contribution in [-0.2, 0) is 4.74 Å². The SMILES string of the molecule is CC(C)NC(=O)NCC[C@H]1CC[C@H](NC(=O)Nc2ccccc2)[C@H](CO)O1. The molecule has 0 radical (unpaired) electrons. The van der Waals surface area contributed by atoms with Crippen LogP contribution in [0.3, 0.4) is 0 Å². The van der Waals surface area contributed by atoms with E-state index in [9.17, 15) is 14.7 Å². The van der Waals surface area contributed by atoms with E-state index in [0.29, 0.717) is 25.1 Å². The molecule has 27 heavy (non-hydrogen) atoms. The van der Waals surface area contributed by atoms with Crippen molar-refractivity contribution in [2.24, 2.45) is 0 Å². The average Bonchev–Trinajstić information content (AvgIpc) is 2.63. The molecule has 1 heterocycles. The number of aliphatic hydroxyl groups is 1. The lowest BCUT2D eigenvalue weighted by Crippen LogP contribution is -2.52. The van der Waals surface area contributed by atoms with Gasteiger partial charge in [-0.3, -0.25) is 0 Å². The molecular weight excluding hydrogens is 348 g/mol. The molecular formula is C19H30N4O4. The molecule has 8 nitrogen and oxygen atoms in total. The summed E-state index contributed by atoms with van der Waals surface area (Å²) in [5.74, 6) is 0. The number of urea groups is 2. The number of hydrogen-bond acceptors (Lipinski definition) is 4. The summed E-state index contributed by atoms with van der Waals surface area (Å²) in [7, 11) is 0. The molecule has 0 bridgehead atoms. The second-order valence-electron chi connectivity index (χ2n) is 6.97. The molecule has 1 fully saturated rings. The highest BCUT2D eigenvalue weighted by molar-refractivity contribution is 5.89. The summed E-state index contributed by atoms with van der Waals surface area (Å²) in [6.07, 6.45) is 1.59. The third kappa shape index (κ3) is 7.44. The number of amides is 4. The number of hydrogen-bond donors (Lipinski definition) is 5. The van der Waals surface area contributed by atoms with Gasteiger partial charge in [0, 0.05) is 18.3 Å². The van der Waals surface area contributed by atoms with Crippen LogP contribution < -0.4 is 21.3 Å². The predicted molar refractivity (Wildman–Crippen MR) is 104 cm³/mol. The van der Waals surface area contributed by atoms with Gasteiger partial charge in [0.2, 0.25) is 0 Å². The van der Waals surface area contributed by atoms with Gasteiger partial charge in [0.15, 0.2) is 0 Å². The lowest BCUT2D eigenvalue weighted by atomic mass is 9.97. The van der Waals surface area contributed by atoms with Crippen LogP contribution >= 0.6 is 0 Å². The standard InChI is InChI=1S/C19H30N4O4/c1-13(2)21-18(25)20-11-10-15-8-9-16(17(12-24)27-15)23-19(26)22-14-6-4-3-5-7-14/h3-7,13,15-17,24H,8-12H2,1-2H3,(H2,20,21,25)(H2,22,23,26)/t15-,16+,17+/m1/s1. The molecule has 0 aromatic heterocycles. The normalized spacial score (nSPS) is 22.1. The summed E-state index contributed by atoms with van der Waals surface area (Å²) in [6, 6.07) is 8.48. The van der Waals surface area contributed by atoms with E-state index >= 15 is 0 Å². The Labute approximate surface area is 160 Å². The molecule has 0 saturated carbocycles. The first-order valence-electron chi connectivity index (χ1n) is 9.41. The minimum atomic E-state index is -0.463. The van der Waals surface area contributed by atoms with Gasteiger partial charge in [-0.25, -0.2) is 9.59 Å². The van der Waals surface area contributed by atoms with E-state index in [0.717, 1.165) is 6.42 Å². The van der Waals surface area contributed by atoms with Crippen molar-refractivity contribution in [1.29, 1.82) is 0 Å². The van der Waals surface area contributed by atoms with Gasteiger partial charge in [0.1, 0.15) is 6.10 Å². The number of carbonyl (C=O) groups is 2. The smallest absolute Gasteiger partial charge is 0.319 e. The molecule has 8 heteroatoms. The van der Waals surface area contributed by atoms with Crippen molar-refractivity contribution < 1.29 is 19.4 Å². The molecule has 1 aromatic rings. The Morgan fingerprint density at radius 2 is 1.93 bits per heavy atom. The van der Waals surface area contributed by atoms with E-state index in [1.165, 1.54) is 0 Å². The molecule has 2 rings (SSSR count). The van der Waals surface area contributed by atoms with Crippen LogP contribution in [0.1, 0.15) is 33.1 Å². The fourth-order valence-electron chi connectivity index (χ4n) is 3.03. The third-order valence-electron chi connectivity index (χ3n) is 4.32. The van der Waals surface area contributed by atoms with Crippen LogP contribution in [0.4, 0.5) is 15.3 Å². The molecule has 150 valence electrons. The molecule has 4 amide bonds. The largest absolute Gasteiger partial charge is 0.394 e. The second-order valence-corrected chi connectivity index (χ2v) is 6.97. The van der Waals surface area contributed by atoms with Crippen LogP contribution in [0, 0.1) is 0 Å². The predicted octanol–water partition coefficient (Wildman–Crippen LogP) is 1.81. The maximum absolute atomic E-state index is 12.1. The van der Waals surface area contributed by atoms with Crippen LogP contribution in [0.2, 0.25) is 0 Å². The molecule has 1 aromatic carbocycles. The molecule has 0 unspecified atom stereocenters. The lowest BCUT2D eigenvalue weighted by molar-refractivity contribution is -0.0885. The van der Waals surface area contributed by atoms with Gasteiger partial charge in [0.25, 0.3) is 0 Å². The van der Waals surface area contributed by atoms with E-state index in [2.05, 4.69) is 21.3 Å². The highest BCUT2D eigenvalue weighted by Gasteiger charge is 2.31. The van der Waals surface area contributed by atoms with Gasteiger partial charge in [-0.15, -0.1) is 0 Å². The van der Waals surface area contributed by atoms with Gasteiger partial charge >= 0.3 is 12.1 Å². The number of nitrogens with one attached hydrogen (secondary N) is 4. The summed E-state index contributed by atoms with van der Waals surface area (Å²) in [6.45, 7) is 4.12. The van der Waals surface area contributed by atoms with E-state index in [1.807, 2.05) is 32.0 Å². The highest BCUT2D eigenvalue weighted by atomic mass is 16.5. The first kappa shape index (κ1) is 21.0. The topological polar surface area (TPSA) is 112 Å². The summed E-state index contributed by atoms with van der Waals surface area (Å²) >= 11 is 0. The van der Waals surface area contributed by atoms with Crippen LogP contribution in [0.15, 0.2) is 30.3 Å². The Bertz CT molecular complexity index is 597. The first-order chi connectivity index (χ1) is 13.0. The van der Waals surface area contributed by atoms with Gasteiger partial charge in [-0.2, -0.15) is 0 Å². The van der Waals surface area contributed by atoms with E-state index in [1.54, 1.807) is 12.1 Å². The summed E-state index contributed by atoms with van der Waals surface area (Å²) in [4.78, 5) is 23.7. The Morgan fingerprint density at radius 1 is 1.19 bits per heavy atom. The van der Waals surface area contributed by atoms with Gasteiger partial charge < -0.3 is 31.1 Å². The fourth-order valence-corrected chi connectivity index (χ4v) is 3.03. The second kappa shape index (κ2) is 10.7. The molecule has 1 aliphatic heterocycles. The van der Waals surface area contributed by atoms with Crippen LogP contribution in [0.5, 0.6) is 0 Å². The zero-order chi connectivity index (χ0) is 19.6. The number of anilines is 1. The van der Waals surface area contributed by atoms with Crippen molar-refractivity contribution in [2.75, 3.05) is 18.5 Å². The van der Waals surface area contributed by atoms with Gasteiger partial charge in [-0.05, 0) is 45.2 Å². The minimum Gasteiger partial charge on any atom is -0.394 e. The first-order valence-corrected chi connectivity index (χ1v) is 9.41. The molecule has 0 aliphatic carbocycles. The third-order valence-corrected chi connectivity index (χ3v) is 4.32. The Morgan fingerprint density at radius 3 is 2.59 bits per heavy atom. The number of carbonyl (C=O) groups excluding carboxylic acids is 2. The Kier molecular flexibility index (Phi) is 8.35.